The third kappa shape index (κ3) is 3.24. The number of ketones is 1. The molecule has 0 aliphatic heterocycles. The molecule has 0 aliphatic carbocycles. The number of hydrogen-bond acceptors (Lipinski definition) is 5. The first kappa shape index (κ1) is 13.6. The molecule has 0 heterocycles. The lowest BCUT2D eigenvalue weighted by atomic mass is 10.1. The van der Waals surface area contributed by atoms with Gasteiger partial charge in [-0.25, -0.2) is 4.79 Å². The standard InChI is InChI=1S/C12H11NO5/c1-8(14)11(12(15)18-2)7-9-4-3-5-10(6-9)13(16)17/h3-7H,1-2H3/b11-7-. The molecule has 18 heavy (non-hydrogen) atoms. The molecule has 0 aromatic heterocycles. The molecule has 1 rings (SSSR count). The van der Waals surface area contributed by atoms with E-state index >= 15 is 0 Å². The summed E-state index contributed by atoms with van der Waals surface area (Å²) >= 11 is 0. The highest BCUT2D eigenvalue weighted by molar-refractivity contribution is 6.19. The fourth-order valence-corrected chi connectivity index (χ4v) is 1.31. The molecule has 6 heteroatoms. The number of nitrogens with zero attached hydrogens (tertiary/aromatic N) is 1. The lowest BCUT2D eigenvalue weighted by Gasteiger charge is -2.01. The molecule has 0 radical (unpaired) electrons. The molecule has 1 aromatic carbocycles. The Hall–Kier alpha value is -2.50. The van der Waals surface area contributed by atoms with Crippen LogP contribution >= 0.6 is 0 Å². The van der Waals surface area contributed by atoms with E-state index in [2.05, 4.69) is 4.74 Å². The molecular weight excluding hydrogens is 238 g/mol. The zero-order chi connectivity index (χ0) is 13.7. The average Bonchev–Trinajstić information content (AvgIpc) is 2.35. The van der Waals surface area contributed by atoms with Crippen molar-refractivity contribution in [1.82, 2.24) is 0 Å². The number of methoxy groups -OCH3 is 1. The molecular formula is C12H11NO5. The summed E-state index contributed by atoms with van der Waals surface area (Å²) < 4.78 is 4.46. The van der Waals surface area contributed by atoms with E-state index in [9.17, 15) is 19.7 Å². The number of carbonyl (C=O) groups is 2. The normalized spacial score (nSPS) is 10.9. The van der Waals surface area contributed by atoms with Gasteiger partial charge in [0.05, 0.1) is 12.0 Å². The van der Waals surface area contributed by atoms with Crippen LogP contribution in [0.3, 0.4) is 0 Å². The number of nitro benzene ring substituents is 1. The summed E-state index contributed by atoms with van der Waals surface area (Å²) in [4.78, 5) is 32.6. The molecule has 0 bridgehead atoms. The van der Waals surface area contributed by atoms with Crippen molar-refractivity contribution in [3.63, 3.8) is 0 Å². The first-order valence-corrected chi connectivity index (χ1v) is 5.01. The summed E-state index contributed by atoms with van der Waals surface area (Å²) in [7, 11) is 1.16. The number of benzene rings is 1. The van der Waals surface area contributed by atoms with Crippen LogP contribution in [0.2, 0.25) is 0 Å². The third-order valence-corrected chi connectivity index (χ3v) is 2.18. The van der Waals surface area contributed by atoms with Crippen LogP contribution in [0.5, 0.6) is 0 Å². The van der Waals surface area contributed by atoms with E-state index in [0.29, 0.717) is 5.56 Å². The largest absolute Gasteiger partial charge is 0.465 e. The van der Waals surface area contributed by atoms with Crippen molar-refractivity contribution in [3.8, 4) is 0 Å². The predicted molar refractivity (Wildman–Crippen MR) is 63.8 cm³/mol. The summed E-state index contributed by atoms with van der Waals surface area (Å²) in [6.07, 6.45) is 1.27. The zero-order valence-electron chi connectivity index (χ0n) is 9.88. The predicted octanol–water partition coefficient (Wildman–Crippen LogP) is 1.74. The minimum absolute atomic E-state index is 0.114. The van der Waals surface area contributed by atoms with Crippen LogP contribution in [0.15, 0.2) is 29.8 Å². The maximum atomic E-state index is 11.3. The van der Waals surface area contributed by atoms with E-state index < -0.39 is 16.7 Å². The van der Waals surface area contributed by atoms with Gasteiger partial charge in [0.1, 0.15) is 5.57 Å². The molecule has 0 spiro atoms. The molecule has 0 saturated heterocycles. The first-order valence-electron chi connectivity index (χ1n) is 5.01. The van der Waals surface area contributed by atoms with E-state index in [4.69, 9.17) is 0 Å². The van der Waals surface area contributed by atoms with Gasteiger partial charge in [-0.2, -0.15) is 0 Å². The van der Waals surface area contributed by atoms with E-state index in [-0.39, 0.29) is 11.3 Å². The van der Waals surface area contributed by atoms with Gasteiger partial charge in [0.25, 0.3) is 5.69 Å². The quantitative estimate of drug-likeness (QED) is 0.202. The van der Waals surface area contributed by atoms with Gasteiger partial charge in [0.2, 0.25) is 0 Å². The number of ether oxygens (including phenoxy) is 1. The van der Waals surface area contributed by atoms with E-state index in [1.54, 1.807) is 6.07 Å². The Labute approximate surface area is 103 Å². The number of carbonyl (C=O) groups excluding carboxylic acids is 2. The van der Waals surface area contributed by atoms with Crippen molar-refractivity contribution in [2.24, 2.45) is 0 Å². The van der Waals surface area contributed by atoms with Crippen LogP contribution in [-0.2, 0) is 14.3 Å². The van der Waals surface area contributed by atoms with Crippen LogP contribution in [0.25, 0.3) is 6.08 Å². The highest BCUT2D eigenvalue weighted by Crippen LogP contribution is 2.16. The van der Waals surface area contributed by atoms with E-state index in [1.807, 2.05) is 0 Å². The molecule has 94 valence electrons. The molecule has 0 saturated carbocycles. The van der Waals surface area contributed by atoms with Gasteiger partial charge in [0, 0.05) is 12.1 Å². The zero-order valence-corrected chi connectivity index (χ0v) is 9.88. The minimum Gasteiger partial charge on any atom is -0.465 e. The number of esters is 1. The minimum atomic E-state index is -0.769. The Balaban J connectivity index is 3.20. The van der Waals surface area contributed by atoms with Crippen LogP contribution in [0.1, 0.15) is 12.5 Å². The Bertz CT molecular complexity index is 533. The van der Waals surface area contributed by atoms with Crippen molar-refractivity contribution in [3.05, 3.63) is 45.5 Å². The second-order valence-corrected chi connectivity index (χ2v) is 3.46. The average molecular weight is 249 g/mol. The molecule has 0 unspecified atom stereocenters. The number of nitro groups is 1. The second-order valence-electron chi connectivity index (χ2n) is 3.46. The van der Waals surface area contributed by atoms with Crippen LogP contribution < -0.4 is 0 Å². The first-order chi connectivity index (χ1) is 8.45. The summed E-state index contributed by atoms with van der Waals surface area (Å²) in [5.41, 5.74) is 0.120. The number of rotatable bonds is 4. The lowest BCUT2D eigenvalue weighted by Crippen LogP contribution is -2.11. The monoisotopic (exact) mass is 249 g/mol. The fraction of sp³-hybridized carbons (Fsp3) is 0.167. The Morgan fingerprint density at radius 3 is 2.56 bits per heavy atom. The topological polar surface area (TPSA) is 86.5 Å². The van der Waals surface area contributed by atoms with E-state index in [1.165, 1.54) is 31.2 Å². The van der Waals surface area contributed by atoms with Crippen LogP contribution in [0.4, 0.5) is 5.69 Å². The van der Waals surface area contributed by atoms with Gasteiger partial charge in [-0.3, -0.25) is 14.9 Å². The van der Waals surface area contributed by atoms with Crippen molar-refractivity contribution >= 4 is 23.5 Å². The Morgan fingerprint density at radius 2 is 2.06 bits per heavy atom. The van der Waals surface area contributed by atoms with Crippen molar-refractivity contribution in [1.29, 1.82) is 0 Å². The maximum Gasteiger partial charge on any atom is 0.341 e. The smallest absolute Gasteiger partial charge is 0.341 e. The van der Waals surface area contributed by atoms with Crippen molar-refractivity contribution in [2.75, 3.05) is 7.11 Å². The summed E-state index contributed by atoms with van der Waals surface area (Å²) in [6, 6.07) is 5.62. The van der Waals surface area contributed by atoms with Gasteiger partial charge >= 0.3 is 5.97 Å². The van der Waals surface area contributed by atoms with Crippen molar-refractivity contribution in [2.45, 2.75) is 6.92 Å². The molecule has 0 aliphatic rings. The van der Waals surface area contributed by atoms with Gasteiger partial charge in [0.15, 0.2) is 5.78 Å². The van der Waals surface area contributed by atoms with Gasteiger partial charge in [-0.1, -0.05) is 12.1 Å². The number of Topliss-reactive ketones (excluding diaryl/α,β-unsaturated/α-hetero) is 1. The highest BCUT2D eigenvalue weighted by Gasteiger charge is 2.15. The van der Waals surface area contributed by atoms with Crippen LogP contribution in [0, 0.1) is 10.1 Å². The summed E-state index contributed by atoms with van der Waals surface area (Å²) in [5, 5.41) is 10.6. The molecule has 1 aromatic rings. The Kier molecular flexibility index (Phi) is 4.31. The highest BCUT2D eigenvalue weighted by atomic mass is 16.6. The van der Waals surface area contributed by atoms with Crippen LogP contribution in [-0.4, -0.2) is 23.8 Å². The second kappa shape index (κ2) is 5.72. The van der Waals surface area contributed by atoms with Gasteiger partial charge < -0.3 is 4.74 Å². The van der Waals surface area contributed by atoms with Gasteiger partial charge in [-0.15, -0.1) is 0 Å². The molecule has 6 nitrogen and oxygen atoms in total. The lowest BCUT2D eigenvalue weighted by molar-refractivity contribution is -0.384. The molecule has 0 N–H and O–H groups in total. The SMILES string of the molecule is COC(=O)/C(=C\c1cccc([N+](=O)[O-])c1)C(C)=O. The van der Waals surface area contributed by atoms with Crippen molar-refractivity contribution < 1.29 is 19.2 Å². The molecule has 0 atom stereocenters. The summed E-state index contributed by atoms with van der Waals surface area (Å²) in [6.45, 7) is 1.22. The molecule has 0 fully saturated rings. The fourth-order valence-electron chi connectivity index (χ4n) is 1.31. The summed E-state index contributed by atoms with van der Waals surface area (Å²) in [5.74, 6) is -1.23. The molecule has 0 amide bonds. The number of non-ortho nitro benzene ring substituents is 1. The van der Waals surface area contributed by atoms with E-state index in [0.717, 1.165) is 7.11 Å². The van der Waals surface area contributed by atoms with Gasteiger partial charge in [-0.05, 0) is 18.6 Å². The third-order valence-electron chi connectivity index (χ3n) is 2.18. The maximum absolute atomic E-state index is 11.3. The number of hydrogen-bond donors (Lipinski definition) is 0. The Morgan fingerprint density at radius 1 is 1.39 bits per heavy atom.